The van der Waals surface area contributed by atoms with Crippen LogP contribution in [0.4, 0.5) is 5.82 Å². The molecule has 0 fully saturated rings. The number of rotatable bonds is 4. The molecule has 1 aromatic heterocycles. The van der Waals surface area contributed by atoms with Gasteiger partial charge < -0.3 is 10.6 Å². The van der Waals surface area contributed by atoms with Crippen LogP contribution in [0, 0.1) is 0 Å². The van der Waals surface area contributed by atoms with Crippen molar-refractivity contribution < 1.29 is 4.79 Å². The Morgan fingerprint density at radius 2 is 2.31 bits per heavy atom. The van der Waals surface area contributed by atoms with Gasteiger partial charge in [0.25, 0.3) is 0 Å². The summed E-state index contributed by atoms with van der Waals surface area (Å²) in [5.74, 6) is 0.931. The SMILES string of the molecule is CNCCC(=O)Nc1c2c(nn1C)CCC2. The van der Waals surface area contributed by atoms with Gasteiger partial charge in [-0.2, -0.15) is 5.10 Å². The Labute approximate surface area is 95.2 Å². The lowest BCUT2D eigenvalue weighted by Gasteiger charge is -2.07. The van der Waals surface area contributed by atoms with Crippen molar-refractivity contribution in [3.8, 4) is 0 Å². The van der Waals surface area contributed by atoms with Gasteiger partial charge in [0.15, 0.2) is 0 Å². The summed E-state index contributed by atoms with van der Waals surface area (Å²) in [5, 5.41) is 10.3. The highest BCUT2D eigenvalue weighted by atomic mass is 16.1. The zero-order chi connectivity index (χ0) is 11.5. The van der Waals surface area contributed by atoms with E-state index in [1.54, 1.807) is 4.68 Å². The molecular weight excluding hydrogens is 204 g/mol. The van der Waals surface area contributed by atoms with Crippen LogP contribution in [0.1, 0.15) is 24.1 Å². The van der Waals surface area contributed by atoms with Gasteiger partial charge >= 0.3 is 0 Å². The first-order valence-electron chi connectivity index (χ1n) is 5.71. The quantitative estimate of drug-likeness (QED) is 0.778. The van der Waals surface area contributed by atoms with Crippen molar-refractivity contribution in [1.82, 2.24) is 15.1 Å². The Balaban J connectivity index is 2.06. The van der Waals surface area contributed by atoms with Gasteiger partial charge in [-0.25, -0.2) is 0 Å². The minimum absolute atomic E-state index is 0.0482. The van der Waals surface area contributed by atoms with E-state index in [0.29, 0.717) is 13.0 Å². The van der Waals surface area contributed by atoms with E-state index >= 15 is 0 Å². The number of hydrogen-bond donors (Lipinski definition) is 2. The van der Waals surface area contributed by atoms with Crippen molar-refractivity contribution in [2.24, 2.45) is 7.05 Å². The molecule has 0 saturated carbocycles. The molecule has 16 heavy (non-hydrogen) atoms. The molecule has 0 bridgehead atoms. The molecule has 5 nitrogen and oxygen atoms in total. The number of aryl methyl sites for hydroxylation is 2. The maximum Gasteiger partial charge on any atom is 0.226 e. The fraction of sp³-hybridized carbons (Fsp3) is 0.636. The van der Waals surface area contributed by atoms with Gasteiger partial charge in [-0.3, -0.25) is 9.48 Å². The summed E-state index contributed by atoms with van der Waals surface area (Å²) in [6, 6.07) is 0. The van der Waals surface area contributed by atoms with Crippen molar-refractivity contribution in [2.45, 2.75) is 25.7 Å². The lowest BCUT2D eigenvalue weighted by Crippen LogP contribution is -2.20. The summed E-state index contributed by atoms with van der Waals surface area (Å²) in [5.41, 5.74) is 2.37. The van der Waals surface area contributed by atoms with E-state index in [1.165, 1.54) is 5.56 Å². The van der Waals surface area contributed by atoms with Gasteiger partial charge in [0.05, 0.1) is 5.69 Å². The molecule has 0 radical (unpaired) electrons. The third kappa shape index (κ3) is 2.09. The molecular formula is C11H18N4O. The highest BCUT2D eigenvalue weighted by Gasteiger charge is 2.21. The van der Waals surface area contributed by atoms with Crippen molar-refractivity contribution in [3.05, 3.63) is 11.3 Å². The number of aromatic nitrogens is 2. The molecule has 1 heterocycles. The summed E-state index contributed by atoms with van der Waals surface area (Å²) < 4.78 is 1.78. The fourth-order valence-corrected chi connectivity index (χ4v) is 2.11. The fourth-order valence-electron chi connectivity index (χ4n) is 2.11. The monoisotopic (exact) mass is 222 g/mol. The van der Waals surface area contributed by atoms with E-state index in [4.69, 9.17) is 0 Å². The van der Waals surface area contributed by atoms with E-state index in [-0.39, 0.29) is 5.91 Å². The first-order valence-corrected chi connectivity index (χ1v) is 5.71. The molecule has 1 aliphatic rings. The van der Waals surface area contributed by atoms with Crippen LogP contribution in [-0.4, -0.2) is 29.3 Å². The third-order valence-corrected chi connectivity index (χ3v) is 2.93. The predicted octanol–water partition coefficient (Wildman–Crippen LogP) is 0.457. The van der Waals surface area contributed by atoms with E-state index in [9.17, 15) is 4.79 Å². The van der Waals surface area contributed by atoms with E-state index in [0.717, 1.165) is 30.8 Å². The van der Waals surface area contributed by atoms with Gasteiger partial charge in [0.1, 0.15) is 5.82 Å². The first-order chi connectivity index (χ1) is 7.72. The molecule has 0 atom stereocenters. The Kier molecular flexibility index (Phi) is 3.24. The van der Waals surface area contributed by atoms with Crippen molar-refractivity contribution >= 4 is 11.7 Å². The summed E-state index contributed by atoms with van der Waals surface area (Å²) in [6.07, 6.45) is 3.72. The molecule has 88 valence electrons. The minimum atomic E-state index is 0.0482. The van der Waals surface area contributed by atoms with E-state index in [1.807, 2.05) is 14.1 Å². The smallest absolute Gasteiger partial charge is 0.226 e. The Morgan fingerprint density at radius 1 is 1.50 bits per heavy atom. The predicted molar refractivity (Wildman–Crippen MR) is 62.4 cm³/mol. The van der Waals surface area contributed by atoms with E-state index < -0.39 is 0 Å². The van der Waals surface area contributed by atoms with Crippen LogP contribution < -0.4 is 10.6 Å². The van der Waals surface area contributed by atoms with Crippen LogP contribution in [0.5, 0.6) is 0 Å². The summed E-state index contributed by atoms with van der Waals surface area (Å²) in [7, 11) is 3.72. The van der Waals surface area contributed by atoms with E-state index in [2.05, 4.69) is 15.7 Å². The molecule has 0 aliphatic heterocycles. The van der Waals surface area contributed by atoms with Crippen molar-refractivity contribution in [3.63, 3.8) is 0 Å². The first kappa shape index (κ1) is 11.1. The Hall–Kier alpha value is -1.36. The van der Waals surface area contributed by atoms with Crippen LogP contribution in [-0.2, 0) is 24.7 Å². The highest BCUT2D eigenvalue weighted by molar-refractivity contribution is 5.90. The third-order valence-electron chi connectivity index (χ3n) is 2.93. The number of anilines is 1. The zero-order valence-corrected chi connectivity index (χ0v) is 9.84. The largest absolute Gasteiger partial charge is 0.319 e. The molecule has 2 N–H and O–H groups in total. The molecule has 1 aliphatic carbocycles. The summed E-state index contributed by atoms with van der Waals surface area (Å²) in [4.78, 5) is 11.6. The van der Waals surface area contributed by atoms with Crippen LogP contribution in [0.25, 0.3) is 0 Å². The normalized spacial score (nSPS) is 13.9. The van der Waals surface area contributed by atoms with Crippen molar-refractivity contribution in [1.29, 1.82) is 0 Å². The van der Waals surface area contributed by atoms with Gasteiger partial charge in [-0.15, -0.1) is 0 Å². The molecule has 0 spiro atoms. The zero-order valence-electron chi connectivity index (χ0n) is 9.84. The average molecular weight is 222 g/mol. The molecule has 0 saturated heterocycles. The highest BCUT2D eigenvalue weighted by Crippen LogP contribution is 2.27. The molecule has 1 aromatic rings. The van der Waals surface area contributed by atoms with Crippen molar-refractivity contribution in [2.75, 3.05) is 18.9 Å². The number of carbonyl (C=O) groups is 1. The molecule has 0 unspecified atom stereocenters. The second-order valence-corrected chi connectivity index (χ2v) is 4.15. The standard InChI is InChI=1S/C11H18N4O/c1-12-7-6-10(16)13-11-8-4-3-5-9(8)14-15(11)2/h12H,3-7H2,1-2H3,(H,13,16). The summed E-state index contributed by atoms with van der Waals surface area (Å²) >= 11 is 0. The second kappa shape index (κ2) is 4.65. The number of carbonyl (C=O) groups excluding carboxylic acids is 1. The number of nitrogens with zero attached hydrogens (tertiary/aromatic N) is 2. The number of hydrogen-bond acceptors (Lipinski definition) is 3. The minimum Gasteiger partial charge on any atom is -0.319 e. The number of fused-ring (bicyclic) bond motifs is 1. The Bertz CT molecular complexity index is 397. The maximum atomic E-state index is 11.6. The van der Waals surface area contributed by atoms with Crippen LogP contribution in [0.2, 0.25) is 0 Å². The van der Waals surface area contributed by atoms with Crippen LogP contribution >= 0.6 is 0 Å². The molecule has 1 amide bonds. The molecule has 2 rings (SSSR count). The van der Waals surface area contributed by atoms with Gasteiger partial charge in [0.2, 0.25) is 5.91 Å². The summed E-state index contributed by atoms with van der Waals surface area (Å²) in [6.45, 7) is 0.700. The maximum absolute atomic E-state index is 11.6. The molecule has 0 aromatic carbocycles. The van der Waals surface area contributed by atoms with Gasteiger partial charge in [-0.05, 0) is 26.3 Å². The van der Waals surface area contributed by atoms with Crippen LogP contribution in [0.3, 0.4) is 0 Å². The molecule has 5 heteroatoms. The topological polar surface area (TPSA) is 59.0 Å². The average Bonchev–Trinajstić information content (AvgIpc) is 2.79. The second-order valence-electron chi connectivity index (χ2n) is 4.15. The van der Waals surface area contributed by atoms with Gasteiger partial charge in [0, 0.05) is 25.6 Å². The lowest BCUT2D eigenvalue weighted by molar-refractivity contribution is -0.116. The lowest BCUT2D eigenvalue weighted by atomic mass is 10.2. The Morgan fingerprint density at radius 3 is 3.06 bits per heavy atom. The number of amides is 1. The van der Waals surface area contributed by atoms with Gasteiger partial charge in [-0.1, -0.05) is 0 Å². The number of nitrogens with one attached hydrogen (secondary N) is 2. The van der Waals surface area contributed by atoms with Crippen LogP contribution in [0.15, 0.2) is 0 Å².